The Bertz CT molecular complexity index is 355. The molecule has 0 aliphatic heterocycles. The summed E-state index contributed by atoms with van der Waals surface area (Å²) in [5, 5.41) is 18.5. The van der Waals surface area contributed by atoms with Gasteiger partial charge in [-0.2, -0.15) is 0 Å². The molecule has 1 atom stereocenters. The first-order chi connectivity index (χ1) is 12.3. The quantitative estimate of drug-likeness (QED) is 0.220. The molecule has 0 saturated carbocycles. The second-order valence-corrected chi connectivity index (χ2v) is 7.87. The molecule has 0 heterocycles. The van der Waals surface area contributed by atoms with Gasteiger partial charge in [-0.05, 0) is 64.7 Å². The van der Waals surface area contributed by atoms with Crippen molar-refractivity contribution >= 4 is 5.97 Å². The van der Waals surface area contributed by atoms with Gasteiger partial charge in [0.15, 0.2) is 0 Å². The highest BCUT2D eigenvalue weighted by molar-refractivity contribution is 5.66. The van der Waals surface area contributed by atoms with Gasteiger partial charge >= 0.3 is 5.97 Å². The number of allylic oxidation sites excluding steroid dienone is 1. The summed E-state index contributed by atoms with van der Waals surface area (Å²) in [5.74, 6) is -0.695. The average Bonchev–Trinajstić information content (AvgIpc) is 2.54. The Hall–Kier alpha value is -0.830. The van der Waals surface area contributed by atoms with Crippen LogP contribution in [0.4, 0.5) is 0 Å². The van der Waals surface area contributed by atoms with Crippen molar-refractivity contribution in [3.05, 3.63) is 32.9 Å². The van der Waals surface area contributed by atoms with Crippen molar-refractivity contribution in [1.29, 1.82) is 0 Å². The average molecular weight is 366 g/mol. The maximum Gasteiger partial charge on any atom is 0.303 e. The van der Waals surface area contributed by atoms with Gasteiger partial charge < -0.3 is 10.2 Å². The predicted octanol–water partition coefficient (Wildman–Crippen LogP) is 6.33. The number of aliphatic hydroxyl groups excluding tert-OH is 1. The van der Waals surface area contributed by atoms with Crippen molar-refractivity contribution in [2.24, 2.45) is 5.41 Å². The third-order valence-electron chi connectivity index (χ3n) is 4.58. The van der Waals surface area contributed by atoms with E-state index in [0.29, 0.717) is 6.42 Å². The van der Waals surface area contributed by atoms with E-state index in [-0.39, 0.29) is 11.5 Å². The molecule has 2 N–H and O–H groups in total. The maximum absolute atomic E-state index is 10.4. The molecule has 0 fully saturated rings. The fourth-order valence-electron chi connectivity index (χ4n) is 2.97. The van der Waals surface area contributed by atoms with Gasteiger partial charge in [0.25, 0.3) is 0 Å². The Kier molecular flexibility index (Phi) is 15.8. The molecule has 3 heteroatoms. The number of carboxylic acid groups (broad SMARTS) is 1. The summed E-state index contributed by atoms with van der Waals surface area (Å²) in [6.45, 7) is 11.7. The third-order valence-corrected chi connectivity index (χ3v) is 4.58. The zero-order valence-electron chi connectivity index (χ0n) is 16.8. The lowest BCUT2D eigenvalue weighted by atomic mass is 9.89. The second-order valence-electron chi connectivity index (χ2n) is 7.87. The van der Waals surface area contributed by atoms with E-state index in [1.54, 1.807) is 0 Å². The molecule has 0 unspecified atom stereocenters. The number of hydrogen-bond acceptors (Lipinski definition) is 2. The van der Waals surface area contributed by atoms with Crippen molar-refractivity contribution in [2.75, 3.05) is 0 Å². The number of rotatable bonds is 18. The summed E-state index contributed by atoms with van der Waals surface area (Å²) in [5.41, 5.74) is -0.289. The zero-order chi connectivity index (χ0) is 19.7. The number of aliphatic carboxylic acids is 1. The maximum atomic E-state index is 10.4. The highest BCUT2D eigenvalue weighted by Gasteiger charge is 2.09. The SMILES string of the molecule is [CH2]C([CH2])([CH2])CCCCCCC[C@@H](O)C/C=C\CCCCCCCC(=O)O. The largest absolute Gasteiger partial charge is 0.481 e. The number of unbranched alkanes of at least 4 members (excludes halogenated alkanes) is 9. The van der Waals surface area contributed by atoms with Gasteiger partial charge in [0, 0.05) is 6.42 Å². The molecular formula is C23H41O3. The Balaban J connectivity index is 3.33. The molecule has 3 nitrogen and oxygen atoms in total. The number of hydrogen-bond donors (Lipinski definition) is 2. The highest BCUT2D eigenvalue weighted by atomic mass is 16.4. The topological polar surface area (TPSA) is 57.5 Å². The highest BCUT2D eigenvalue weighted by Crippen LogP contribution is 2.21. The number of carbonyl (C=O) groups is 1. The van der Waals surface area contributed by atoms with Crippen molar-refractivity contribution in [3.63, 3.8) is 0 Å². The van der Waals surface area contributed by atoms with Crippen LogP contribution in [0.5, 0.6) is 0 Å². The third kappa shape index (κ3) is 21.2. The van der Waals surface area contributed by atoms with Crippen LogP contribution in [-0.2, 0) is 4.79 Å². The van der Waals surface area contributed by atoms with Crippen LogP contribution in [0.2, 0.25) is 0 Å². The van der Waals surface area contributed by atoms with E-state index in [4.69, 9.17) is 5.11 Å². The van der Waals surface area contributed by atoms with Crippen molar-refractivity contribution in [3.8, 4) is 0 Å². The Labute approximate surface area is 162 Å². The van der Waals surface area contributed by atoms with Gasteiger partial charge in [0.05, 0.1) is 6.10 Å². The van der Waals surface area contributed by atoms with Crippen LogP contribution in [0.3, 0.4) is 0 Å². The van der Waals surface area contributed by atoms with Crippen LogP contribution < -0.4 is 0 Å². The molecule has 151 valence electrons. The Morgan fingerprint density at radius 3 is 2.08 bits per heavy atom. The fraction of sp³-hybridized carbons (Fsp3) is 0.739. The van der Waals surface area contributed by atoms with Crippen LogP contribution in [0.1, 0.15) is 96.3 Å². The molecule has 26 heavy (non-hydrogen) atoms. The summed E-state index contributed by atoms with van der Waals surface area (Å²) in [6, 6.07) is 0. The van der Waals surface area contributed by atoms with Crippen LogP contribution in [0.25, 0.3) is 0 Å². The summed E-state index contributed by atoms with van der Waals surface area (Å²) in [4.78, 5) is 10.4. The second kappa shape index (κ2) is 16.4. The van der Waals surface area contributed by atoms with Crippen LogP contribution in [-0.4, -0.2) is 22.3 Å². The summed E-state index contributed by atoms with van der Waals surface area (Å²) < 4.78 is 0. The number of carboxylic acids is 1. The molecule has 0 aliphatic rings. The normalized spacial score (nSPS) is 13.4. The summed E-state index contributed by atoms with van der Waals surface area (Å²) >= 11 is 0. The minimum absolute atomic E-state index is 0.213. The Morgan fingerprint density at radius 2 is 1.42 bits per heavy atom. The van der Waals surface area contributed by atoms with E-state index in [1.165, 1.54) is 19.3 Å². The predicted molar refractivity (Wildman–Crippen MR) is 111 cm³/mol. The minimum atomic E-state index is -0.695. The van der Waals surface area contributed by atoms with E-state index in [9.17, 15) is 9.90 Å². The number of aliphatic hydroxyl groups is 1. The lowest BCUT2D eigenvalue weighted by Gasteiger charge is -2.16. The molecule has 0 rings (SSSR count). The van der Waals surface area contributed by atoms with Crippen molar-refractivity contribution < 1.29 is 15.0 Å². The van der Waals surface area contributed by atoms with Crippen molar-refractivity contribution in [2.45, 2.75) is 102 Å². The summed E-state index contributed by atoms with van der Waals surface area (Å²) in [7, 11) is 0. The van der Waals surface area contributed by atoms with Crippen LogP contribution in [0.15, 0.2) is 12.2 Å². The van der Waals surface area contributed by atoms with E-state index < -0.39 is 5.97 Å². The zero-order valence-corrected chi connectivity index (χ0v) is 16.8. The molecule has 3 radical (unpaired) electrons. The van der Waals surface area contributed by atoms with Crippen LogP contribution in [0, 0.1) is 26.2 Å². The molecule has 0 aromatic heterocycles. The molecular weight excluding hydrogens is 324 g/mol. The molecule has 0 spiro atoms. The lowest BCUT2D eigenvalue weighted by Crippen LogP contribution is -2.06. The van der Waals surface area contributed by atoms with E-state index in [2.05, 4.69) is 32.9 Å². The van der Waals surface area contributed by atoms with Crippen LogP contribution >= 0.6 is 0 Å². The molecule has 0 bridgehead atoms. The van der Waals surface area contributed by atoms with Gasteiger partial charge in [-0.15, -0.1) is 0 Å². The van der Waals surface area contributed by atoms with Gasteiger partial charge in [-0.1, -0.05) is 63.5 Å². The Morgan fingerprint density at radius 1 is 0.846 bits per heavy atom. The first kappa shape index (κ1) is 25.2. The van der Waals surface area contributed by atoms with Gasteiger partial charge in [0.2, 0.25) is 0 Å². The smallest absolute Gasteiger partial charge is 0.303 e. The van der Waals surface area contributed by atoms with Crippen molar-refractivity contribution in [1.82, 2.24) is 0 Å². The first-order valence-corrected chi connectivity index (χ1v) is 10.4. The molecule has 0 saturated heterocycles. The molecule has 0 aromatic carbocycles. The fourth-order valence-corrected chi connectivity index (χ4v) is 2.97. The molecule has 0 amide bonds. The first-order valence-electron chi connectivity index (χ1n) is 10.4. The van der Waals surface area contributed by atoms with Gasteiger partial charge in [0.1, 0.15) is 0 Å². The molecule has 0 aromatic rings. The molecule has 0 aliphatic carbocycles. The minimum Gasteiger partial charge on any atom is -0.481 e. The van der Waals surface area contributed by atoms with E-state index in [1.807, 2.05) is 0 Å². The van der Waals surface area contributed by atoms with Gasteiger partial charge in [-0.3, -0.25) is 4.79 Å². The monoisotopic (exact) mass is 365 g/mol. The lowest BCUT2D eigenvalue weighted by molar-refractivity contribution is -0.137. The van der Waals surface area contributed by atoms with Gasteiger partial charge in [-0.25, -0.2) is 0 Å². The summed E-state index contributed by atoms with van der Waals surface area (Å²) in [6.07, 6.45) is 19.1. The standard InChI is InChI=1S/C23H41O3/c1-23(2,3)20-16-12-8-10-14-18-21(24)17-13-9-6-4-5-7-11-15-19-22(25)26/h9,13,21,24H,1-8,10-12,14-20H2,(H,25,26)/b13-9-/t21-/m0/s1. The van der Waals surface area contributed by atoms with E-state index in [0.717, 1.165) is 70.6 Å². The van der Waals surface area contributed by atoms with E-state index >= 15 is 0 Å².